The van der Waals surface area contributed by atoms with Crippen LogP contribution in [0.4, 0.5) is 11.8 Å². The summed E-state index contributed by atoms with van der Waals surface area (Å²) >= 11 is 1.43. The largest absolute Gasteiger partial charge is 0.341 e. The zero-order chi connectivity index (χ0) is 20.6. The Kier molecular flexibility index (Phi) is 5.59. The first kappa shape index (κ1) is 20.3. The van der Waals surface area contributed by atoms with Gasteiger partial charge in [-0.15, -0.1) is 10.2 Å². The first-order chi connectivity index (χ1) is 13.8. The minimum Gasteiger partial charge on any atom is -0.341 e. The molecule has 0 bridgehead atoms. The molecule has 1 saturated carbocycles. The maximum atomic E-state index is 12.4. The van der Waals surface area contributed by atoms with Gasteiger partial charge in [0.1, 0.15) is 0 Å². The quantitative estimate of drug-likeness (QED) is 0.712. The lowest BCUT2D eigenvalue weighted by atomic mass is 9.92. The highest BCUT2D eigenvalue weighted by Crippen LogP contribution is 2.41. The fourth-order valence-corrected chi connectivity index (χ4v) is 4.24. The average molecular weight is 419 g/mol. The molecular formula is C20H30N6O2S. The van der Waals surface area contributed by atoms with E-state index in [1.54, 1.807) is 6.07 Å². The van der Waals surface area contributed by atoms with Crippen LogP contribution < -0.4 is 10.2 Å². The minimum atomic E-state index is -0.134. The molecule has 2 aromatic heterocycles. The third kappa shape index (κ3) is 4.76. The monoisotopic (exact) mass is 418 g/mol. The van der Waals surface area contributed by atoms with Crippen LogP contribution in [0.5, 0.6) is 0 Å². The van der Waals surface area contributed by atoms with Gasteiger partial charge in [0, 0.05) is 30.6 Å². The molecule has 1 aliphatic heterocycles. The summed E-state index contributed by atoms with van der Waals surface area (Å²) in [6.07, 6.45) is 4.69. The Morgan fingerprint density at radius 1 is 1.24 bits per heavy atom. The van der Waals surface area contributed by atoms with Crippen LogP contribution >= 0.6 is 11.8 Å². The van der Waals surface area contributed by atoms with Gasteiger partial charge in [0.15, 0.2) is 5.16 Å². The average Bonchev–Trinajstić information content (AvgIpc) is 3.23. The predicted octanol–water partition coefficient (Wildman–Crippen LogP) is 3.87. The van der Waals surface area contributed by atoms with E-state index in [2.05, 4.69) is 57.8 Å². The Morgan fingerprint density at radius 3 is 2.59 bits per heavy atom. The zero-order valence-electron chi connectivity index (χ0n) is 17.6. The molecule has 9 heteroatoms. The molecule has 1 aliphatic carbocycles. The number of carbonyl (C=O) groups is 1. The molecule has 1 saturated heterocycles. The maximum Gasteiger partial charge on any atom is 0.237 e. The van der Waals surface area contributed by atoms with Crippen molar-refractivity contribution in [1.82, 2.24) is 19.9 Å². The van der Waals surface area contributed by atoms with Gasteiger partial charge in [-0.2, -0.15) is 0 Å². The summed E-state index contributed by atoms with van der Waals surface area (Å²) in [6, 6.07) is 2.25. The first-order valence-electron chi connectivity index (χ1n) is 10.4. The molecular weight excluding hydrogens is 388 g/mol. The van der Waals surface area contributed by atoms with Crippen molar-refractivity contribution in [2.75, 3.05) is 29.1 Å². The number of hydrogen-bond donors (Lipinski definition) is 1. The van der Waals surface area contributed by atoms with E-state index in [0.29, 0.717) is 11.9 Å². The van der Waals surface area contributed by atoms with Gasteiger partial charge in [-0.1, -0.05) is 44.6 Å². The minimum absolute atomic E-state index is 0.120. The molecule has 1 amide bonds. The number of amides is 1. The van der Waals surface area contributed by atoms with Crippen molar-refractivity contribution >= 4 is 29.5 Å². The maximum absolute atomic E-state index is 12.4. The topological polar surface area (TPSA) is 89.1 Å². The van der Waals surface area contributed by atoms with Crippen LogP contribution in [0.25, 0.3) is 0 Å². The van der Waals surface area contributed by atoms with Crippen LogP contribution in [0.2, 0.25) is 0 Å². The molecule has 1 N–H and O–H groups in total. The molecule has 0 unspecified atom stereocenters. The van der Waals surface area contributed by atoms with E-state index in [1.807, 2.05) is 0 Å². The summed E-state index contributed by atoms with van der Waals surface area (Å²) in [5.41, 5.74) is 0.694. The summed E-state index contributed by atoms with van der Waals surface area (Å²) in [7, 11) is 0. The Hall–Kier alpha value is -2.03. The number of nitrogens with one attached hydrogen (secondary N) is 1. The summed E-state index contributed by atoms with van der Waals surface area (Å²) < 4.78 is 7.48. The number of nitrogens with zero attached hydrogens (tertiary/aromatic N) is 5. The number of rotatable bonds is 6. The second kappa shape index (κ2) is 8.01. The molecule has 4 rings (SSSR count). The standard InChI is InChI=1S/C20H30N6O2S/c1-13-7-9-25(10-8-13)18-22-23-19(26(18)14-5-6-14)29-12-16(27)21-17-11-15(24-28-17)20(2,3)4/h11,13-14H,5-10,12H2,1-4H3,(H,21,27). The summed E-state index contributed by atoms with van der Waals surface area (Å²) in [5, 5.41) is 16.5. The van der Waals surface area contributed by atoms with Crippen LogP contribution in [-0.4, -0.2) is 44.7 Å². The van der Waals surface area contributed by atoms with Gasteiger partial charge < -0.3 is 9.42 Å². The van der Waals surface area contributed by atoms with E-state index < -0.39 is 0 Å². The van der Waals surface area contributed by atoms with Crippen LogP contribution in [-0.2, 0) is 10.2 Å². The molecule has 2 aromatic rings. The van der Waals surface area contributed by atoms with Gasteiger partial charge >= 0.3 is 0 Å². The van der Waals surface area contributed by atoms with Crippen molar-refractivity contribution in [3.63, 3.8) is 0 Å². The molecule has 2 aliphatic rings. The molecule has 29 heavy (non-hydrogen) atoms. The third-order valence-corrected chi connectivity index (χ3v) is 6.44. The first-order valence-corrected chi connectivity index (χ1v) is 11.4. The van der Waals surface area contributed by atoms with E-state index >= 15 is 0 Å². The Bertz CT molecular complexity index is 859. The lowest BCUT2D eigenvalue weighted by molar-refractivity contribution is -0.113. The molecule has 0 radical (unpaired) electrons. The fraction of sp³-hybridized carbons (Fsp3) is 0.700. The molecule has 8 nitrogen and oxygen atoms in total. The molecule has 0 aromatic carbocycles. The van der Waals surface area contributed by atoms with Gasteiger partial charge in [-0.25, -0.2) is 0 Å². The Morgan fingerprint density at radius 2 is 1.97 bits per heavy atom. The lowest BCUT2D eigenvalue weighted by Gasteiger charge is -2.31. The van der Waals surface area contributed by atoms with Crippen LogP contribution in [0.3, 0.4) is 0 Å². The van der Waals surface area contributed by atoms with E-state index in [-0.39, 0.29) is 17.1 Å². The molecule has 2 fully saturated rings. The SMILES string of the molecule is CC1CCN(c2nnc(SCC(=O)Nc3cc(C(C)(C)C)no3)n2C2CC2)CC1. The number of carbonyl (C=O) groups excluding carboxylic acids is 1. The van der Waals surface area contributed by atoms with Gasteiger partial charge in [-0.05, 0) is 31.6 Å². The molecule has 3 heterocycles. The highest BCUT2D eigenvalue weighted by Gasteiger charge is 2.32. The zero-order valence-corrected chi connectivity index (χ0v) is 18.5. The highest BCUT2D eigenvalue weighted by molar-refractivity contribution is 7.99. The number of anilines is 2. The van der Waals surface area contributed by atoms with Gasteiger partial charge in [0.2, 0.25) is 17.7 Å². The van der Waals surface area contributed by atoms with Crippen molar-refractivity contribution in [3.05, 3.63) is 11.8 Å². The predicted molar refractivity (Wildman–Crippen MR) is 113 cm³/mol. The van der Waals surface area contributed by atoms with Crippen molar-refractivity contribution in [3.8, 4) is 0 Å². The van der Waals surface area contributed by atoms with E-state index in [0.717, 1.165) is 48.6 Å². The van der Waals surface area contributed by atoms with Gasteiger partial charge in [0.05, 0.1) is 11.4 Å². The van der Waals surface area contributed by atoms with Crippen molar-refractivity contribution in [1.29, 1.82) is 0 Å². The number of aromatic nitrogens is 4. The number of piperidine rings is 1. The summed E-state index contributed by atoms with van der Waals surface area (Å²) in [5.74, 6) is 2.24. The number of hydrogen-bond acceptors (Lipinski definition) is 7. The Balaban J connectivity index is 1.38. The van der Waals surface area contributed by atoms with E-state index in [1.165, 1.54) is 24.6 Å². The van der Waals surface area contributed by atoms with E-state index in [4.69, 9.17) is 4.52 Å². The third-order valence-electron chi connectivity index (χ3n) is 5.50. The highest BCUT2D eigenvalue weighted by atomic mass is 32.2. The van der Waals surface area contributed by atoms with Crippen molar-refractivity contribution in [2.45, 2.75) is 70.0 Å². The smallest absolute Gasteiger partial charge is 0.237 e. The normalized spacial score (nSPS) is 18.3. The second-order valence-corrected chi connectivity index (χ2v) is 10.2. The van der Waals surface area contributed by atoms with Crippen LogP contribution in [0.15, 0.2) is 15.7 Å². The van der Waals surface area contributed by atoms with Gasteiger partial charge in [0.25, 0.3) is 0 Å². The Labute approximate surface area is 175 Å². The van der Waals surface area contributed by atoms with Crippen LogP contribution in [0, 0.1) is 5.92 Å². The lowest BCUT2D eigenvalue weighted by Crippen LogP contribution is -2.34. The van der Waals surface area contributed by atoms with Crippen molar-refractivity contribution < 1.29 is 9.32 Å². The molecule has 0 atom stereocenters. The molecule has 158 valence electrons. The van der Waals surface area contributed by atoms with Crippen molar-refractivity contribution in [2.24, 2.45) is 5.92 Å². The van der Waals surface area contributed by atoms with Gasteiger partial charge in [-0.3, -0.25) is 14.7 Å². The summed E-state index contributed by atoms with van der Waals surface area (Å²) in [4.78, 5) is 14.7. The fourth-order valence-electron chi connectivity index (χ4n) is 3.44. The van der Waals surface area contributed by atoms with Crippen LogP contribution in [0.1, 0.15) is 65.1 Å². The molecule has 0 spiro atoms. The second-order valence-electron chi connectivity index (χ2n) is 9.22. The van der Waals surface area contributed by atoms with E-state index in [9.17, 15) is 4.79 Å². The summed E-state index contributed by atoms with van der Waals surface area (Å²) in [6.45, 7) is 10.5. The number of thioether (sulfide) groups is 1.